The van der Waals surface area contributed by atoms with Crippen LogP contribution in [0.3, 0.4) is 0 Å². The first-order chi connectivity index (χ1) is 15.3. The number of carbonyl (C=O) groups excluding carboxylic acids is 1. The molecule has 6 nitrogen and oxygen atoms in total. The lowest BCUT2D eigenvalue weighted by Crippen LogP contribution is -2.41. The van der Waals surface area contributed by atoms with Crippen molar-refractivity contribution < 1.29 is 17.9 Å². The minimum absolute atomic E-state index is 0.131. The highest BCUT2D eigenvalue weighted by atomic mass is 32.2. The summed E-state index contributed by atoms with van der Waals surface area (Å²) >= 11 is 0. The van der Waals surface area contributed by atoms with E-state index in [2.05, 4.69) is 5.32 Å². The Hall–Kier alpha value is -3.32. The summed E-state index contributed by atoms with van der Waals surface area (Å²) in [5, 5.41) is 2.75. The lowest BCUT2D eigenvalue weighted by Gasteiger charge is -2.24. The lowest BCUT2D eigenvalue weighted by molar-refractivity contribution is -0.119. The van der Waals surface area contributed by atoms with Crippen LogP contribution < -0.4 is 14.4 Å². The standard InChI is InChI=1S/C25H28N2O4S/c1-19-10-13-22(14-11-19)27(32(29,30)23-7-5-4-6-8-23)18-25(28)26-15-16-31-24-17-20(2)9-12-21(24)3/h4-14,17H,15-16,18H2,1-3H3,(H,26,28). The number of anilines is 1. The van der Waals surface area contributed by atoms with E-state index < -0.39 is 15.9 Å². The molecule has 0 aromatic heterocycles. The smallest absolute Gasteiger partial charge is 0.264 e. The molecule has 0 heterocycles. The number of ether oxygens (including phenoxy) is 1. The maximum absolute atomic E-state index is 13.3. The zero-order valence-electron chi connectivity index (χ0n) is 18.5. The summed E-state index contributed by atoms with van der Waals surface area (Å²) in [7, 11) is -3.90. The molecule has 0 unspecified atom stereocenters. The molecule has 7 heteroatoms. The highest BCUT2D eigenvalue weighted by Crippen LogP contribution is 2.24. The first-order valence-corrected chi connectivity index (χ1v) is 11.8. The number of aryl methyl sites for hydroxylation is 3. The Kier molecular flexibility index (Phi) is 7.53. The lowest BCUT2D eigenvalue weighted by atomic mass is 10.1. The van der Waals surface area contributed by atoms with Crippen LogP contribution in [0.15, 0.2) is 77.7 Å². The molecule has 32 heavy (non-hydrogen) atoms. The van der Waals surface area contributed by atoms with Crippen LogP contribution in [0.1, 0.15) is 16.7 Å². The summed E-state index contributed by atoms with van der Waals surface area (Å²) in [5.41, 5.74) is 3.54. The second-order valence-electron chi connectivity index (χ2n) is 7.63. The second kappa shape index (κ2) is 10.3. The number of benzene rings is 3. The largest absolute Gasteiger partial charge is 0.491 e. The van der Waals surface area contributed by atoms with E-state index >= 15 is 0 Å². The molecule has 0 saturated heterocycles. The molecule has 0 radical (unpaired) electrons. The molecule has 1 N–H and O–H groups in total. The van der Waals surface area contributed by atoms with Crippen molar-refractivity contribution in [2.45, 2.75) is 25.7 Å². The molecule has 3 aromatic carbocycles. The summed E-state index contributed by atoms with van der Waals surface area (Å²) < 4.78 is 33.4. The van der Waals surface area contributed by atoms with Crippen molar-refractivity contribution in [3.05, 3.63) is 89.5 Å². The summed E-state index contributed by atoms with van der Waals surface area (Å²) in [5.74, 6) is 0.363. The Morgan fingerprint density at radius 3 is 2.25 bits per heavy atom. The van der Waals surface area contributed by atoms with Crippen molar-refractivity contribution in [3.63, 3.8) is 0 Å². The van der Waals surface area contributed by atoms with Gasteiger partial charge in [0.05, 0.1) is 17.1 Å². The molecule has 1 amide bonds. The van der Waals surface area contributed by atoms with E-state index in [0.29, 0.717) is 5.69 Å². The van der Waals surface area contributed by atoms with Gasteiger partial charge in [-0.3, -0.25) is 9.10 Å². The third-order valence-corrected chi connectivity index (χ3v) is 6.75. The molecule has 0 fully saturated rings. The van der Waals surface area contributed by atoms with Crippen molar-refractivity contribution in [3.8, 4) is 5.75 Å². The van der Waals surface area contributed by atoms with Gasteiger partial charge in [-0.1, -0.05) is 48.0 Å². The maximum atomic E-state index is 13.3. The van der Waals surface area contributed by atoms with E-state index in [1.807, 2.05) is 51.1 Å². The maximum Gasteiger partial charge on any atom is 0.264 e. The Labute approximate surface area is 189 Å². The van der Waals surface area contributed by atoms with Gasteiger partial charge in [-0.25, -0.2) is 8.42 Å². The highest BCUT2D eigenvalue weighted by Gasteiger charge is 2.26. The molecule has 0 atom stereocenters. The van der Waals surface area contributed by atoms with E-state index in [4.69, 9.17) is 4.74 Å². The zero-order chi connectivity index (χ0) is 23.1. The van der Waals surface area contributed by atoms with E-state index in [0.717, 1.165) is 26.7 Å². The fourth-order valence-corrected chi connectivity index (χ4v) is 4.59. The normalized spacial score (nSPS) is 11.1. The third kappa shape index (κ3) is 5.88. The number of carbonyl (C=O) groups is 1. The summed E-state index contributed by atoms with van der Waals surface area (Å²) in [6.45, 7) is 6.08. The quantitative estimate of drug-likeness (QED) is 0.498. The number of hydrogen-bond donors (Lipinski definition) is 1. The molecule has 3 aromatic rings. The molecule has 168 valence electrons. The van der Waals surface area contributed by atoms with Gasteiger partial charge < -0.3 is 10.1 Å². The summed E-state index contributed by atoms with van der Waals surface area (Å²) in [4.78, 5) is 12.8. The van der Waals surface area contributed by atoms with E-state index in [9.17, 15) is 13.2 Å². The van der Waals surface area contributed by atoms with Gasteiger partial charge in [0.1, 0.15) is 18.9 Å². The first kappa shape index (κ1) is 23.3. The number of hydrogen-bond acceptors (Lipinski definition) is 4. The van der Waals surface area contributed by atoms with Crippen LogP contribution in [0, 0.1) is 20.8 Å². The average molecular weight is 453 g/mol. The molecule has 0 saturated carbocycles. The van der Waals surface area contributed by atoms with E-state index in [1.54, 1.807) is 30.3 Å². The monoisotopic (exact) mass is 452 g/mol. The molecule has 0 aliphatic carbocycles. The van der Waals surface area contributed by atoms with Crippen LogP contribution >= 0.6 is 0 Å². The van der Waals surface area contributed by atoms with Crippen molar-refractivity contribution >= 4 is 21.6 Å². The Balaban J connectivity index is 1.68. The minimum atomic E-state index is -3.90. The Morgan fingerprint density at radius 2 is 1.56 bits per heavy atom. The van der Waals surface area contributed by atoms with Gasteiger partial charge in [0.2, 0.25) is 5.91 Å². The van der Waals surface area contributed by atoms with Gasteiger partial charge in [-0.05, 0) is 62.2 Å². The van der Waals surface area contributed by atoms with Gasteiger partial charge in [0.25, 0.3) is 10.0 Å². The van der Waals surface area contributed by atoms with Gasteiger partial charge in [0.15, 0.2) is 0 Å². The van der Waals surface area contributed by atoms with Crippen LogP contribution in [0.5, 0.6) is 5.75 Å². The first-order valence-electron chi connectivity index (χ1n) is 10.4. The predicted molar refractivity (Wildman–Crippen MR) is 127 cm³/mol. The third-order valence-electron chi connectivity index (χ3n) is 4.97. The van der Waals surface area contributed by atoms with Gasteiger partial charge in [-0.2, -0.15) is 0 Å². The molecule has 0 aliphatic rings. The van der Waals surface area contributed by atoms with Crippen LogP contribution in [-0.2, 0) is 14.8 Å². The summed E-state index contributed by atoms with van der Waals surface area (Å²) in [6, 6.07) is 21.1. The second-order valence-corrected chi connectivity index (χ2v) is 9.49. The molecular formula is C25H28N2O4S. The predicted octanol–water partition coefficient (Wildman–Crippen LogP) is 4.00. The summed E-state index contributed by atoms with van der Waals surface area (Å²) in [6.07, 6.45) is 0. The fourth-order valence-electron chi connectivity index (χ4n) is 3.15. The van der Waals surface area contributed by atoms with Gasteiger partial charge in [-0.15, -0.1) is 0 Å². The van der Waals surface area contributed by atoms with Crippen molar-refractivity contribution in [2.24, 2.45) is 0 Å². The van der Waals surface area contributed by atoms with Crippen LogP contribution in [0.25, 0.3) is 0 Å². The van der Waals surface area contributed by atoms with Crippen molar-refractivity contribution in [2.75, 3.05) is 24.0 Å². The van der Waals surface area contributed by atoms with Crippen molar-refractivity contribution in [1.29, 1.82) is 0 Å². The molecule has 0 bridgehead atoms. The highest BCUT2D eigenvalue weighted by molar-refractivity contribution is 7.92. The molecular weight excluding hydrogens is 424 g/mol. The van der Waals surface area contributed by atoms with Crippen LogP contribution in [-0.4, -0.2) is 34.0 Å². The molecule has 3 rings (SSSR count). The average Bonchev–Trinajstić information content (AvgIpc) is 2.78. The zero-order valence-corrected chi connectivity index (χ0v) is 19.4. The van der Waals surface area contributed by atoms with Crippen LogP contribution in [0.4, 0.5) is 5.69 Å². The molecule has 0 aliphatic heterocycles. The number of amides is 1. The SMILES string of the molecule is Cc1ccc(N(CC(=O)NCCOc2cc(C)ccc2C)S(=O)(=O)c2ccccc2)cc1. The van der Waals surface area contributed by atoms with Crippen molar-refractivity contribution in [1.82, 2.24) is 5.32 Å². The number of nitrogens with one attached hydrogen (secondary N) is 1. The topological polar surface area (TPSA) is 75.7 Å². The van der Waals surface area contributed by atoms with E-state index in [1.165, 1.54) is 12.1 Å². The van der Waals surface area contributed by atoms with E-state index in [-0.39, 0.29) is 24.6 Å². The molecule has 0 spiro atoms. The Morgan fingerprint density at radius 1 is 0.906 bits per heavy atom. The number of nitrogens with zero attached hydrogens (tertiary/aromatic N) is 1. The number of rotatable bonds is 9. The van der Waals surface area contributed by atoms with Gasteiger partial charge in [0, 0.05) is 0 Å². The minimum Gasteiger partial charge on any atom is -0.491 e. The fraction of sp³-hybridized carbons (Fsp3) is 0.240. The Bertz CT molecular complexity index is 1160. The van der Waals surface area contributed by atoms with Gasteiger partial charge >= 0.3 is 0 Å². The van der Waals surface area contributed by atoms with Crippen LogP contribution in [0.2, 0.25) is 0 Å². The number of sulfonamides is 1.